The molecule has 284 valence electrons. The zero-order valence-electron chi connectivity index (χ0n) is 58.4. The summed E-state index contributed by atoms with van der Waals surface area (Å²) in [4.78, 5) is 2.10. The third-order valence-corrected chi connectivity index (χ3v) is 8.96. The normalized spacial score (nSPS) is 18.4. The van der Waals surface area contributed by atoms with Crippen molar-refractivity contribution in [3.05, 3.63) is 198 Å². The molecule has 0 bridgehead atoms. The molecule has 0 fully saturated rings. The number of rotatable bonds is 9. The number of furan rings is 1. The Morgan fingerprint density at radius 3 is 1.42 bits per heavy atom. The Hall–Kier alpha value is -6.23. The Morgan fingerprint density at radius 1 is 0.456 bits per heavy atom. The Bertz CT molecular complexity index is 4000. The standard InChI is InChI=1S/C52H48ClN3O/c1-51(2,3)37-30-31-49-45(32-37)48(36-57-49)56(42-26-17-10-18-27-42)47-34-38(52(4,5)6)33-46(50(47)53)55(41-24-15-9-16-25-41)44-29-19-28-43(35-44)54(39-20-11-7-12-21-39)40-22-13-8-14-23-40/h7-36H,1-6H3/i7D,8D,9D,10D,11D,12D,13D,14D,15D,16D,17D,18D,19D,20D,21D,22D,23D,24D,25D,26D,27D,28D,30D,31D,32D,35D,36D. The summed E-state index contributed by atoms with van der Waals surface area (Å²) in [6.07, 6.45) is -0.895. The van der Waals surface area contributed by atoms with Crippen molar-refractivity contribution in [3.8, 4) is 0 Å². The smallest absolute Gasteiger partial charge is 0.136 e. The van der Waals surface area contributed by atoms with Gasteiger partial charge in [0.25, 0.3) is 0 Å². The van der Waals surface area contributed by atoms with Crippen molar-refractivity contribution in [2.75, 3.05) is 14.7 Å². The van der Waals surface area contributed by atoms with E-state index in [-0.39, 0.29) is 16.5 Å². The van der Waals surface area contributed by atoms with Crippen LogP contribution in [0.2, 0.25) is 5.02 Å². The number of hydrogen-bond acceptors (Lipinski definition) is 4. The zero-order chi connectivity index (χ0) is 63.2. The molecule has 0 saturated heterocycles. The average Bonchev–Trinajstić information content (AvgIpc) is 1.53. The van der Waals surface area contributed by atoms with E-state index >= 15 is 0 Å². The van der Waals surface area contributed by atoms with Gasteiger partial charge in [-0.15, -0.1) is 0 Å². The van der Waals surface area contributed by atoms with Crippen LogP contribution in [0.4, 0.5) is 51.2 Å². The van der Waals surface area contributed by atoms with Crippen LogP contribution in [0, 0.1) is 0 Å². The molecule has 0 N–H and O–H groups in total. The van der Waals surface area contributed by atoms with Gasteiger partial charge in [0.1, 0.15) is 13.2 Å². The second kappa shape index (κ2) is 15.4. The maximum atomic E-state index is 10.2. The van der Waals surface area contributed by atoms with Crippen molar-refractivity contribution in [1.29, 1.82) is 0 Å². The summed E-state index contributed by atoms with van der Waals surface area (Å²) in [7, 11) is 0. The number of anilines is 9. The van der Waals surface area contributed by atoms with E-state index in [1.165, 1.54) is 12.1 Å². The number of fused-ring (bicyclic) bond motifs is 1. The lowest BCUT2D eigenvalue weighted by Crippen LogP contribution is -2.19. The van der Waals surface area contributed by atoms with Gasteiger partial charge in [-0.2, -0.15) is 0 Å². The van der Waals surface area contributed by atoms with E-state index < -0.39 is 236 Å². The monoisotopic (exact) mass is 793 g/mol. The highest BCUT2D eigenvalue weighted by molar-refractivity contribution is 6.37. The van der Waals surface area contributed by atoms with E-state index in [2.05, 4.69) is 0 Å². The lowest BCUT2D eigenvalue weighted by molar-refractivity contribution is 0.589. The van der Waals surface area contributed by atoms with Crippen LogP contribution in [-0.4, -0.2) is 0 Å². The van der Waals surface area contributed by atoms with Gasteiger partial charge in [0, 0.05) is 39.5 Å². The molecule has 5 heteroatoms. The molecule has 0 aliphatic carbocycles. The molecular weight excluding hydrogens is 718 g/mol. The number of hydrogen-bond donors (Lipinski definition) is 0. The molecule has 57 heavy (non-hydrogen) atoms. The second-order valence-electron chi connectivity index (χ2n) is 14.5. The van der Waals surface area contributed by atoms with Gasteiger partial charge in [-0.1, -0.05) is 138 Å². The zero-order valence-corrected chi connectivity index (χ0v) is 32.1. The van der Waals surface area contributed by atoms with E-state index in [9.17, 15) is 12.3 Å². The Balaban J connectivity index is 1.66. The topological polar surface area (TPSA) is 22.9 Å². The summed E-state index contributed by atoms with van der Waals surface area (Å²) >= 11 is 7.75. The van der Waals surface area contributed by atoms with E-state index in [1.54, 1.807) is 41.5 Å². The highest BCUT2D eigenvalue weighted by atomic mass is 35.5. The number of para-hydroxylation sites is 4. The predicted octanol–water partition coefficient (Wildman–Crippen LogP) is 16.1. The molecular formula is C52H48ClN3O. The average molecular weight is 794 g/mol. The minimum Gasteiger partial charge on any atom is -0.462 e. The summed E-state index contributed by atoms with van der Waals surface area (Å²) in [5, 5.41) is -1.06. The first-order valence-corrected chi connectivity index (χ1v) is 17.7. The Morgan fingerprint density at radius 2 is 0.912 bits per heavy atom. The minimum absolute atomic E-state index is 0.0327. The fourth-order valence-electron chi connectivity index (χ4n) is 5.75. The fourth-order valence-corrected chi connectivity index (χ4v) is 6.02. The largest absolute Gasteiger partial charge is 0.462 e. The fraction of sp³-hybridized carbons (Fsp3) is 0.154. The third-order valence-electron chi connectivity index (χ3n) is 8.57. The third kappa shape index (κ3) is 7.66. The molecule has 0 saturated carbocycles. The molecule has 1 aromatic heterocycles. The van der Waals surface area contributed by atoms with Crippen LogP contribution in [-0.2, 0) is 10.8 Å². The van der Waals surface area contributed by atoms with Crippen LogP contribution in [0.1, 0.15) is 89.7 Å². The lowest BCUT2D eigenvalue weighted by Gasteiger charge is -2.34. The van der Waals surface area contributed by atoms with E-state index in [1.807, 2.05) is 0 Å². The molecule has 1 heterocycles. The molecule has 8 rings (SSSR count). The lowest BCUT2D eigenvalue weighted by atomic mass is 9.85. The van der Waals surface area contributed by atoms with Crippen LogP contribution in [0.5, 0.6) is 0 Å². The van der Waals surface area contributed by atoms with Crippen LogP contribution in [0.3, 0.4) is 0 Å². The molecule has 0 amide bonds. The Labute approximate surface area is 380 Å². The SMILES string of the molecule is [2H]c1cc(N(c2cc(C(C)(C)C)cc(N(c3c([2H])c([2H])c([2H])c([2H])c3[2H])c3c([2H])oc4c([2H])c([2H])c(C(C)(C)C)c([2H])c34)c2Cl)c2c([2H])c([2H])c([2H])c([2H])c2[2H])c([2H])c(N(c2c([2H])c([2H])c([2H])c([2H])c2[2H])c2c([2H])c([2H])c([2H])c([2H])c2[2H])c1[2H]. The van der Waals surface area contributed by atoms with Crippen LogP contribution in [0.25, 0.3) is 11.0 Å². The minimum atomic E-state index is -1.14. The van der Waals surface area contributed by atoms with Gasteiger partial charge in [0.15, 0.2) is 0 Å². The van der Waals surface area contributed by atoms with E-state index in [4.69, 9.17) is 40.7 Å². The summed E-state index contributed by atoms with van der Waals surface area (Å²) in [5.74, 6) is 0. The second-order valence-corrected chi connectivity index (χ2v) is 14.9. The van der Waals surface area contributed by atoms with Gasteiger partial charge in [0.05, 0.1) is 57.7 Å². The van der Waals surface area contributed by atoms with Gasteiger partial charge in [0.2, 0.25) is 0 Å². The quantitative estimate of drug-likeness (QED) is 0.145. The molecule has 0 aliphatic heterocycles. The number of halogens is 1. The molecule has 0 aliphatic rings. The maximum Gasteiger partial charge on any atom is 0.136 e. The van der Waals surface area contributed by atoms with E-state index in [0.29, 0.717) is 4.90 Å². The summed E-state index contributed by atoms with van der Waals surface area (Å²) in [6, 6.07) is -21.1. The molecule has 0 unspecified atom stereocenters. The summed E-state index contributed by atoms with van der Waals surface area (Å²) in [5.41, 5.74) is -9.59. The highest BCUT2D eigenvalue weighted by Gasteiger charge is 2.29. The van der Waals surface area contributed by atoms with Gasteiger partial charge in [-0.25, -0.2) is 0 Å². The van der Waals surface area contributed by atoms with Crippen molar-refractivity contribution in [2.45, 2.75) is 52.4 Å². The number of benzene rings is 7. The van der Waals surface area contributed by atoms with Gasteiger partial charge < -0.3 is 19.1 Å². The molecule has 8 aromatic rings. The molecule has 0 radical (unpaired) electrons. The Kier molecular flexibility index (Phi) is 4.72. The van der Waals surface area contributed by atoms with Crippen molar-refractivity contribution in [1.82, 2.24) is 0 Å². The van der Waals surface area contributed by atoms with Crippen LogP contribution >= 0.6 is 11.6 Å². The first-order valence-electron chi connectivity index (χ1n) is 30.8. The predicted molar refractivity (Wildman–Crippen MR) is 243 cm³/mol. The summed E-state index contributed by atoms with van der Waals surface area (Å²) < 4.78 is 250. The molecule has 0 spiro atoms. The van der Waals surface area contributed by atoms with Crippen molar-refractivity contribution >= 4 is 73.8 Å². The first kappa shape index (κ1) is 17.5. The van der Waals surface area contributed by atoms with Crippen molar-refractivity contribution in [2.24, 2.45) is 0 Å². The van der Waals surface area contributed by atoms with Crippen LogP contribution in [0.15, 0.2) is 186 Å². The molecule has 0 atom stereocenters. The summed E-state index contributed by atoms with van der Waals surface area (Å²) in [6.45, 7) is 9.95. The van der Waals surface area contributed by atoms with Crippen molar-refractivity contribution < 1.29 is 41.4 Å². The number of nitrogens with zero attached hydrogens (tertiary/aromatic N) is 3. The van der Waals surface area contributed by atoms with Gasteiger partial charge in [-0.3, -0.25) is 0 Å². The molecule has 4 nitrogen and oxygen atoms in total. The van der Waals surface area contributed by atoms with Crippen LogP contribution < -0.4 is 14.7 Å². The molecule has 7 aromatic carbocycles. The highest BCUT2D eigenvalue weighted by Crippen LogP contribution is 2.51. The maximum absolute atomic E-state index is 10.2. The first-order chi connectivity index (χ1) is 38.7. The van der Waals surface area contributed by atoms with Crippen molar-refractivity contribution in [3.63, 3.8) is 0 Å². The van der Waals surface area contributed by atoms with Gasteiger partial charge in [-0.05, 0) is 113 Å². The van der Waals surface area contributed by atoms with Gasteiger partial charge >= 0.3 is 0 Å². The van der Waals surface area contributed by atoms with E-state index in [0.717, 1.165) is 15.9 Å².